The van der Waals surface area contributed by atoms with Crippen molar-refractivity contribution in [3.8, 4) is 0 Å². The third kappa shape index (κ3) is 3.27. The minimum absolute atomic E-state index is 0.212. The molecular formula is C27H30O3. The van der Waals surface area contributed by atoms with Crippen LogP contribution in [0.2, 0.25) is 0 Å². The molecule has 0 aromatic heterocycles. The van der Waals surface area contributed by atoms with Crippen LogP contribution in [0, 0.1) is 11.8 Å². The number of ether oxygens (including phenoxy) is 1. The molecule has 156 valence electrons. The van der Waals surface area contributed by atoms with Gasteiger partial charge >= 0.3 is 0 Å². The molecule has 0 amide bonds. The highest BCUT2D eigenvalue weighted by molar-refractivity contribution is 5.33. The van der Waals surface area contributed by atoms with Crippen molar-refractivity contribution in [2.45, 2.75) is 44.2 Å². The molecule has 3 nitrogen and oxygen atoms in total. The fraction of sp³-hybridized carbons (Fsp3) is 0.333. The van der Waals surface area contributed by atoms with Crippen LogP contribution in [0.15, 0.2) is 91.0 Å². The molecule has 0 aliphatic carbocycles. The van der Waals surface area contributed by atoms with Gasteiger partial charge in [0.2, 0.25) is 0 Å². The Morgan fingerprint density at radius 1 is 0.700 bits per heavy atom. The maximum atomic E-state index is 12.5. The summed E-state index contributed by atoms with van der Waals surface area (Å²) in [5, 5.41) is 24.5. The van der Waals surface area contributed by atoms with E-state index in [0.717, 1.165) is 11.1 Å². The Hall–Kier alpha value is -2.46. The normalized spacial score (nSPS) is 31.4. The van der Waals surface area contributed by atoms with Gasteiger partial charge in [-0.15, -0.1) is 0 Å². The molecule has 1 fully saturated rings. The highest BCUT2D eigenvalue weighted by Gasteiger charge is 2.61. The Labute approximate surface area is 179 Å². The summed E-state index contributed by atoms with van der Waals surface area (Å²) in [7, 11) is 0. The minimum atomic E-state index is -1.62. The van der Waals surface area contributed by atoms with Gasteiger partial charge < -0.3 is 14.9 Å². The van der Waals surface area contributed by atoms with E-state index in [1.807, 2.05) is 97.9 Å². The lowest BCUT2D eigenvalue weighted by Gasteiger charge is -2.56. The number of hydrogen-bond acceptors (Lipinski definition) is 3. The summed E-state index contributed by atoms with van der Waals surface area (Å²) in [6.07, 6.45) is 0.829. The lowest BCUT2D eigenvalue weighted by molar-refractivity contribution is -0.366. The van der Waals surface area contributed by atoms with Crippen molar-refractivity contribution >= 4 is 0 Å². The molecule has 5 atom stereocenters. The zero-order chi connectivity index (χ0) is 21.2. The highest BCUT2D eigenvalue weighted by atomic mass is 16.6. The molecule has 0 unspecified atom stereocenters. The van der Waals surface area contributed by atoms with Crippen molar-refractivity contribution in [2.24, 2.45) is 11.8 Å². The summed E-state index contributed by atoms with van der Waals surface area (Å²) in [4.78, 5) is 0. The van der Waals surface area contributed by atoms with Gasteiger partial charge in [-0.1, -0.05) is 105 Å². The van der Waals surface area contributed by atoms with Gasteiger partial charge in [0, 0.05) is 11.5 Å². The third-order valence-electron chi connectivity index (χ3n) is 6.64. The van der Waals surface area contributed by atoms with Crippen LogP contribution in [0.3, 0.4) is 0 Å². The first kappa shape index (κ1) is 20.8. The summed E-state index contributed by atoms with van der Waals surface area (Å²) in [5.74, 6) is -2.36. The number of rotatable bonds is 5. The van der Waals surface area contributed by atoms with E-state index < -0.39 is 23.4 Å². The molecule has 1 heterocycles. The monoisotopic (exact) mass is 402 g/mol. The second kappa shape index (κ2) is 8.35. The van der Waals surface area contributed by atoms with Gasteiger partial charge in [-0.3, -0.25) is 0 Å². The van der Waals surface area contributed by atoms with E-state index in [1.165, 1.54) is 0 Å². The Morgan fingerprint density at radius 3 is 1.70 bits per heavy atom. The molecule has 0 radical (unpaired) electrons. The van der Waals surface area contributed by atoms with Gasteiger partial charge in [0.15, 0.2) is 5.79 Å². The van der Waals surface area contributed by atoms with E-state index in [-0.39, 0.29) is 5.92 Å². The minimum Gasteiger partial charge on any atom is -0.384 e. The lowest BCUT2D eigenvalue weighted by atomic mass is 9.61. The summed E-state index contributed by atoms with van der Waals surface area (Å²) >= 11 is 0. The first-order valence-corrected chi connectivity index (χ1v) is 10.8. The van der Waals surface area contributed by atoms with E-state index in [2.05, 4.69) is 6.92 Å². The molecule has 3 aromatic rings. The molecule has 30 heavy (non-hydrogen) atoms. The van der Waals surface area contributed by atoms with Crippen molar-refractivity contribution in [3.63, 3.8) is 0 Å². The lowest BCUT2D eigenvalue weighted by Crippen LogP contribution is -2.59. The third-order valence-corrected chi connectivity index (χ3v) is 6.64. The zero-order valence-corrected chi connectivity index (χ0v) is 17.6. The second-order valence-corrected chi connectivity index (χ2v) is 8.18. The quantitative estimate of drug-likeness (QED) is 0.589. The van der Waals surface area contributed by atoms with E-state index in [9.17, 15) is 10.2 Å². The Bertz CT molecular complexity index is 944. The molecule has 0 spiro atoms. The van der Waals surface area contributed by atoms with Crippen LogP contribution in [-0.4, -0.2) is 10.2 Å². The smallest absolute Gasteiger partial charge is 0.199 e. The molecular weight excluding hydrogens is 372 g/mol. The first-order valence-electron chi connectivity index (χ1n) is 10.8. The molecule has 1 aliphatic heterocycles. The van der Waals surface area contributed by atoms with Gasteiger partial charge in [0.05, 0.1) is 12.0 Å². The largest absolute Gasteiger partial charge is 0.384 e. The number of hydrogen-bond donors (Lipinski definition) is 2. The fourth-order valence-electron chi connectivity index (χ4n) is 5.27. The average molecular weight is 403 g/mol. The summed E-state index contributed by atoms with van der Waals surface area (Å²) in [6, 6.07) is 29.2. The number of benzene rings is 3. The van der Waals surface area contributed by atoms with Crippen LogP contribution in [0.4, 0.5) is 0 Å². The summed E-state index contributed by atoms with van der Waals surface area (Å²) < 4.78 is 6.57. The summed E-state index contributed by atoms with van der Waals surface area (Å²) in [5.41, 5.74) is 1.19. The van der Waals surface area contributed by atoms with E-state index >= 15 is 0 Å². The van der Waals surface area contributed by atoms with Gasteiger partial charge in [-0.05, 0) is 24.0 Å². The predicted molar refractivity (Wildman–Crippen MR) is 119 cm³/mol. The van der Waals surface area contributed by atoms with Gasteiger partial charge in [-0.2, -0.15) is 0 Å². The molecule has 3 heteroatoms. The second-order valence-electron chi connectivity index (χ2n) is 8.18. The standard InChI is InChI=1S/C27H30O3/c1-3-23-25(20-14-8-5-9-15-20)30-27(29,22-18-12-7-13-19-22)24(4-2)26(23,28)21-16-10-6-11-17-21/h5-19,23-25,28-29H,3-4H2,1-2H3/t23-,24-,25-,26-,27-/m1/s1. The highest BCUT2D eigenvalue weighted by Crippen LogP contribution is 2.59. The van der Waals surface area contributed by atoms with Crippen molar-refractivity contribution in [3.05, 3.63) is 108 Å². The maximum absolute atomic E-state index is 12.5. The van der Waals surface area contributed by atoms with Crippen LogP contribution in [0.1, 0.15) is 49.5 Å². The Morgan fingerprint density at radius 2 is 1.20 bits per heavy atom. The van der Waals surface area contributed by atoms with Gasteiger partial charge in [0.25, 0.3) is 0 Å². The fourth-order valence-corrected chi connectivity index (χ4v) is 5.27. The first-order chi connectivity index (χ1) is 14.6. The number of aliphatic hydroxyl groups is 2. The molecule has 0 bridgehead atoms. The maximum Gasteiger partial charge on any atom is 0.199 e. The van der Waals surface area contributed by atoms with Gasteiger partial charge in [-0.25, -0.2) is 0 Å². The van der Waals surface area contributed by atoms with Crippen molar-refractivity contribution in [2.75, 3.05) is 0 Å². The molecule has 1 aliphatic rings. The van der Waals surface area contributed by atoms with Crippen molar-refractivity contribution in [1.82, 2.24) is 0 Å². The van der Waals surface area contributed by atoms with E-state index in [4.69, 9.17) is 4.74 Å². The zero-order valence-electron chi connectivity index (χ0n) is 17.6. The molecule has 1 saturated heterocycles. The Kier molecular flexibility index (Phi) is 5.79. The van der Waals surface area contributed by atoms with Crippen LogP contribution in [0.5, 0.6) is 0 Å². The Balaban J connectivity index is 1.96. The topological polar surface area (TPSA) is 49.7 Å². The molecule has 4 rings (SSSR count). The summed E-state index contributed by atoms with van der Waals surface area (Å²) in [6.45, 7) is 4.09. The average Bonchev–Trinajstić information content (AvgIpc) is 2.80. The van der Waals surface area contributed by atoms with E-state index in [1.54, 1.807) is 0 Å². The van der Waals surface area contributed by atoms with E-state index in [0.29, 0.717) is 18.4 Å². The predicted octanol–water partition coefficient (Wildman–Crippen LogP) is 5.54. The molecule has 3 aromatic carbocycles. The molecule has 0 saturated carbocycles. The SMILES string of the molecule is CC[C@@H]1[C@@H](c2ccccc2)O[C@](O)(c2ccccc2)[C@H](CC)[C@@]1(O)c1ccccc1. The van der Waals surface area contributed by atoms with Crippen LogP contribution in [0.25, 0.3) is 0 Å². The molecule has 2 N–H and O–H groups in total. The van der Waals surface area contributed by atoms with Crippen LogP contribution in [-0.2, 0) is 16.1 Å². The van der Waals surface area contributed by atoms with Crippen molar-refractivity contribution < 1.29 is 14.9 Å². The van der Waals surface area contributed by atoms with Gasteiger partial charge in [0.1, 0.15) is 5.60 Å². The van der Waals surface area contributed by atoms with Crippen molar-refractivity contribution in [1.29, 1.82) is 0 Å². The van der Waals surface area contributed by atoms with Crippen LogP contribution < -0.4 is 0 Å². The van der Waals surface area contributed by atoms with Crippen LogP contribution >= 0.6 is 0 Å².